The SMILES string of the molecule is CC(=O)c1ccc(S(=O)(=O)N[C@@H](C)c2ccc3c(c2)OCO3)cc1. The van der Waals surface area contributed by atoms with Gasteiger partial charge in [-0.3, -0.25) is 4.79 Å². The van der Waals surface area contributed by atoms with Crippen LogP contribution < -0.4 is 14.2 Å². The molecule has 0 aliphatic carbocycles. The molecule has 1 atom stereocenters. The lowest BCUT2D eigenvalue weighted by molar-refractivity contribution is 0.101. The molecule has 0 saturated carbocycles. The average Bonchev–Trinajstić information content (AvgIpc) is 3.02. The molecule has 1 aliphatic rings. The second-order valence-electron chi connectivity index (χ2n) is 5.54. The first-order valence-electron chi connectivity index (χ1n) is 7.40. The Morgan fingerprint density at radius 2 is 1.75 bits per heavy atom. The quantitative estimate of drug-likeness (QED) is 0.841. The minimum absolute atomic E-state index is 0.111. The number of fused-ring (bicyclic) bond motifs is 1. The third kappa shape index (κ3) is 3.27. The molecule has 7 heteroatoms. The number of carbonyl (C=O) groups excluding carboxylic acids is 1. The number of Topliss-reactive ketones (excluding diaryl/α,β-unsaturated/α-hetero) is 1. The minimum atomic E-state index is -3.70. The number of hydrogen-bond donors (Lipinski definition) is 1. The lowest BCUT2D eigenvalue weighted by Crippen LogP contribution is -2.26. The molecule has 0 amide bonds. The van der Waals surface area contributed by atoms with Gasteiger partial charge < -0.3 is 9.47 Å². The molecule has 2 aromatic carbocycles. The van der Waals surface area contributed by atoms with Crippen LogP contribution in [0.25, 0.3) is 0 Å². The minimum Gasteiger partial charge on any atom is -0.454 e. The van der Waals surface area contributed by atoms with Gasteiger partial charge in [0.15, 0.2) is 17.3 Å². The van der Waals surface area contributed by atoms with E-state index < -0.39 is 16.1 Å². The maximum absolute atomic E-state index is 12.5. The Kier molecular flexibility index (Phi) is 4.29. The van der Waals surface area contributed by atoms with E-state index in [4.69, 9.17) is 9.47 Å². The van der Waals surface area contributed by atoms with Gasteiger partial charge in [0.25, 0.3) is 0 Å². The Morgan fingerprint density at radius 1 is 1.08 bits per heavy atom. The fourth-order valence-electron chi connectivity index (χ4n) is 2.42. The summed E-state index contributed by atoms with van der Waals surface area (Å²) < 4.78 is 38.1. The van der Waals surface area contributed by atoms with Gasteiger partial charge in [-0.1, -0.05) is 18.2 Å². The standard InChI is InChI=1S/C17H17NO5S/c1-11(14-5-8-16-17(9-14)23-10-22-16)18-24(20,21)15-6-3-13(4-7-15)12(2)19/h3-9,11,18H,10H2,1-2H3/t11-/m0/s1. The van der Waals surface area contributed by atoms with Crippen molar-refractivity contribution in [2.75, 3.05) is 6.79 Å². The van der Waals surface area contributed by atoms with Crippen molar-refractivity contribution in [3.63, 3.8) is 0 Å². The number of carbonyl (C=O) groups is 1. The normalized spacial score (nSPS) is 14.4. The number of hydrogen-bond acceptors (Lipinski definition) is 5. The Balaban J connectivity index is 1.79. The first-order valence-corrected chi connectivity index (χ1v) is 8.88. The van der Waals surface area contributed by atoms with Crippen LogP contribution in [0.1, 0.15) is 35.8 Å². The Bertz CT molecular complexity index is 874. The van der Waals surface area contributed by atoms with Gasteiger partial charge in [-0.25, -0.2) is 13.1 Å². The monoisotopic (exact) mass is 347 g/mol. The number of benzene rings is 2. The first-order chi connectivity index (χ1) is 11.4. The summed E-state index contributed by atoms with van der Waals surface area (Å²) in [5.74, 6) is 1.14. The van der Waals surface area contributed by atoms with Crippen LogP contribution in [0.3, 0.4) is 0 Å². The van der Waals surface area contributed by atoms with E-state index >= 15 is 0 Å². The highest BCUT2D eigenvalue weighted by molar-refractivity contribution is 7.89. The highest BCUT2D eigenvalue weighted by Crippen LogP contribution is 2.34. The molecule has 0 aromatic heterocycles. The van der Waals surface area contributed by atoms with E-state index in [1.807, 2.05) is 0 Å². The van der Waals surface area contributed by atoms with Crippen molar-refractivity contribution >= 4 is 15.8 Å². The van der Waals surface area contributed by atoms with Gasteiger partial charge in [0.05, 0.1) is 4.90 Å². The Hall–Kier alpha value is -2.38. The summed E-state index contributed by atoms with van der Waals surface area (Å²) in [5, 5.41) is 0. The van der Waals surface area contributed by atoms with Gasteiger partial charge in [-0.2, -0.15) is 0 Å². The first kappa shape index (κ1) is 16.5. The summed E-state index contributed by atoms with van der Waals surface area (Å²) >= 11 is 0. The van der Waals surface area contributed by atoms with Crippen molar-refractivity contribution in [3.05, 3.63) is 53.6 Å². The van der Waals surface area contributed by atoms with Crippen molar-refractivity contribution < 1.29 is 22.7 Å². The molecule has 3 rings (SSSR count). The summed E-state index contributed by atoms with van der Waals surface area (Å²) in [6.07, 6.45) is 0. The van der Waals surface area contributed by atoms with Crippen LogP contribution in [0.2, 0.25) is 0 Å². The Morgan fingerprint density at radius 3 is 2.42 bits per heavy atom. The van der Waals surface area contributed by atoms with Crippen LogP contribution in [0.5, 0.6) is 11.5 Å². The van der Waals surface area contributed by atoms with Crippen molar-refractivity contribution in [2.24, 2.45) is 0 Å². The van der Waals surface area contributed by atoms with E-state index in [1.54, 1.807) is 25.1 Å². The smallest absolute Gasteiger partial charge is 0.241 e. The van der Waals surface area contributed by atoms with Crippen molar-refractivity contribution in [3.8, 4) is 11.5 Å². The van der Waals surface area contributed by atoms with E-state index in [1.165, 1.54) is 31.2 Å². The number of ether oxygens (including phenoxy) is 2. The summed E-state index contributed by atoms with van der Waals surface area (Å²) in [6, 6.07) is 10.7. The highest BCUT2D eigenvalue weighted by Gasteiger charge is 2.21. The molecule has 24 heavy (non-hydrogen) atoms. The maximum atomic E-state index is 12.5. The molecule has 0 spiro atoms. The highest BCUT2D eigenvalue weighted by atomic mass is 32.2. The number of ketones is 1. The predicted molar refractivity (Wildman–Crippen MR) is 87.7 cm³/mol. The second kappa shape index (κ2) is 6.26. The van der Waals surface area contributed by atoms with E-state index in [9.17, 15) is 13.2 Å². The molecule has 0 saturated heterocycles. The molecule has 0 bridgehead atoms. The Labute approximate surface area is 140 Å². The fourth-order valence-corrected chi connectivity index (χ4v) is 3.65. The third-order valence-electron chi connectivity index (χ3n) is 3.80. The zero-order chi connectivity index (χ0) is 17.3. The van der Waals surface area contributed by atoms with Gasteiger partial charge in [0.1, 0.15) is 0 Å². The molecule has 1 N–H and O–H groups in total. The third-order valence-corrected chi connectivity index (χ3v) is 5.36. The van der Waals surface area contributed by atoms with E-state index in [0.29, 0.717) is 17.1 Å². The van der Waals surface area contributed by atoms with Crippen LogP contribution in [-0.2, 0) is 10.0 Å². The van der Waals surface area contributed by atoms with Gasteiger partial charge in [-0.05, 0) is 43.7 Å². The molecule has 1 heterocycles. The molecular weight excluding hydrogens is 330 g/mol. The summed E-state index contributed by atoms with van der Waals surface area (Å²) in [6.45, 7) is 3.35. The molecule has 6 nitrogen and oxygen atoms in total. The largest absolute Gasteiger partial charge is 0.454 e. The second-order valence-corrected chi connectivity index (χ2v) is 7.25. The van der Waals surface area contributed by atoms with E-state index in [0.717, 1.165) is 5.56 Å². The molecule has 0 fully saturated rings. The molecule has 126 valence electrons. The summed E-state index contributed by atoms with van der Waals surface area (Å²) in [7, 11) is -3.70. The number of nitrogens with one attached hydrogen (secondary N) is 1. The lowest BCUT2D eigenvalue weighted by atomic mass is 10.1. The van der Waals surface area contributed by atoms with Crippen molar-refractivity contribution in [1.82, 2.24) is 4.72 Å². The summed E-state index contributed by atoms with van der Waals surface area (Å²) in [5.41, 5.74) is 1.24. The maximum Gasteiger partial charge on any atom is 0.241 e. The molecule has 0 unspecified atom stereocenters. The molecular formula is C17H17NO5S. The lowest BCUT2D eigenvalue weighted by Gasteiger charge is -2.15. The van der Waals surface area contributed by atoms with Crippen molar-refractivity contribution in [2.45, 2.75) is 24.8 Å². The van der Waals surface area contributed by atoms with Gasteiger partial charge in [0.2, 0.25) is 16.8 Å². The van der Waals surface area contributed by atoms with E-state index in [-0.39, 0.29) is 17.5 Å². The van der Waals surface area contributed by atoms with Crippen molar-refractivity contribution in [1.29, 1.82) is 0 Å². The average molecular weight is 347 g/mol. The molecule has 2 aromatic rings. The van der Waals surface area contributed by atoms with Gasteiger partial charge in [-0.15, -0.1) is 0 Å². The number of rotatable bonds is 5. The molecule has 1 aliphatic heterocycles. The zero-order valence-electron chi connectivity index (χ0n) is 13.3. The zero-order valence-corrected chi connectivity index (χ0v) is 14.1. The van der Waals surface area contributed by atoms with Crippen LogP contribution in [-0.4, -0.2) is 21.0 Å². The number of sulfonamides is 1. The molecule has 0 radical (unpaired) electrons. The fraction of sp³-hybridized carbons (Fsp3) is 0.235. The van der Waals surface area contributed by atoms with Crippen LogP contribution in [0, 0.1) is 0 Å². The van der Waals surface area contributed by atoms with Gasteiger partial charge >= 0.3 is 0 Å². The van der Waals surface area contributed by atoms with Crippen LogP contribution in [0.15, 0.2) is 47.4 Å². The van der Waals surface area contributed by atoms with Gasteiger partial charge in [0, 0.05) is 11.6 Å². The van der Waals surface area contributed by atoms with Crippen LogP contribution >= 0.6 is 0 Å². The van der Waals surface area contributed by atoms with Crippen LogP contribution in [0.4, 0.5) is 0 Å². The topological polar surface area (TPSA) is 81.7 Å². The predicted octanol–water partition coefficient (Wildman–Crippen LogP) is 2.66. The summed E-state index contributed by atoms with van der Waals surface area (Å²) in [4.78, 5) is 11.4. The van der Waals surface area contributed by atoms with E-state index in [2.05, 4.69) is 4.72 Å².